The van der Waals surface area contributed by atoms with E-state index in [9.17, 15) is 0 Å². The first-order chi connectivity index (χ1) is 17.6. The number of thioether (sulfide) groups is 1. The average Bonchev–Trinajstić information content (AvgIpc) is 3.32. The maximum atomic E-state index is 6.15. The van der Waals surface area contributed by atoms with E-state index >= 15 is 0 Å². The Labute approximate surface area is 226 Å². The van der Waals surface area contributed by atoms with Crippen molar-refractivity contribution in [2.24, 2.45) is 0 Å². The molecule has 1 N–H and O–H groups in total. The summed E-state index contributed by atoms with van der Waals surface area (Å²) in [6, 6.07) is 18.3. The van der Waals surface area contributed by atoms with Gasteiger partial charge in [-0.05, 0) is 54.8 Å². The number of anilines is 2. The summed E-state index contributed by atoms with van der Waals surface area (Å²) >= 11 is 7.05. The van der Waals surface area contributed by atoms with Crippen LogP contribution in [-0.4, -0.2) is 34.4 Å². The maximum absolute atomic E-state index is 6.15. The number of aromatic nitrogens is 3. The second-order valence-electron chi connectivity index (χ2n) is 8.02. The molecule has 5 aromatic rings. The number of rotatable bonds is 10. The van der Waals surface area contributed by atoms with Gasteiger partial charge in [0.25, 0.3) is 0 Å². The van der Waals surface area contributed by atoms with Crippen molar-refractivity contribution in [2.75, 3.05) is 24.8 Å². The first kappa shape index (κ1) is 24.8. The Morgan fingerprint density at radius 1 is 1.03 bits per heavy atom. The summed E-state index contributed by atoms with van der Waals surface area (Å²) in [5.41, 5.74) is 4.07. The number of hydrogen-bond donors (Lipinski definition) is 1. The number of para-hydroxylation sites is 1. The SMILES string of the molecule is CCc1cc(Br)ccc1Nc1ncnc2cc(OC)c(OCCCSc3nc4ccccc4s3)cc12. The Hall–Kier alpha value is -2.88. The van der Waals surface area contributed by atoms with Crippen LogP contribution in [0.25, 0.3) is 21.1 Å². The number of ether oxygens (including phenoxy) is 2. The number of fused-ring (bicyclic) bond motifs is 2. The van der Waals surface area contributed by atoms with Gasteiger partial charge >= 0.3 is 0 Å². The summed E-state index contributed by atoms with van der Waals surface area (Å²) in [6.07, 6.45) is 3.35. The maximum Gasteiger partial charge on any atom is 0.162 e. The zero-order chi connectivity index (χ0) is 24.9. The molecular formula is C27H25BrN4O2S2. The van der Waals surface area contributed by atoms with E-state index in [-0.39, 0.29) is 0 Å². The number of benzene rings is 3. The summed E-state index contributed by atoms with van der Waals surface area (Å²) in [6.45, 7) is 2.71. The fourth-order valence-electron chi connectivity index (χ4n) is 3.85. The molecule has 6 nitrogen and oxygen atoms in total. The van der Waals surface area contributed by atoms with Crippen molar-refractivity contribution in [3.05, 3.63) is 71.0 Å². The van der Waals surface area contributed by atoms with E-state index in [1.54, 1.807) is 36.5 Å². The highest BCUT2D eigenvalue weighted by molar-refractivity contribution is 9.10. The lowest BCUT2D eigenvalue weighted by Crippen LogP contribution is -2.03. The van der Waals surface area contributed by atoms with Crippen LogP contribution in [0, 0.1) is 0 Å². The van der Waals surface area contributed by atoms with Gasteiger partial charge in [-0.15, -0.1) is 11.3 Å². The van der Waals surface area contributed by atoms with E-state index in [1.165, 1.54) is 10.3 Å². The monoisotopic (exact) mass is 580 g/mol. The first-order valence-corrected chi connectivity index (χ1v) is 14.2. The van der Waals surface area contributed by atoms with Crippen LogP contribution in [0.1, 0.15) is 18.9 Å². The Bertz CT molecular complexity index is 1480. The van der Waals surface area contributed by atoms with E-state index in [0.29, 0.717) is 18.1 Å². The van der Waals surface area contributed by atoms with Crippen molar-refractivity contribution in [3.63, 3.8) is 0 Å². The van der Waals surface area contributed by atoms with E-state index in [2.05, 4.69) is 67.4 Å². The second-order valence-corrected chi connectivity index (χ2v) is 11.3. The molecule has 2 heterocycles. The summed E-state index contributed by atoms with van der Waals surface area (Å²) in [4.78, 5) is 13.7. The van der Waals surface area contributed by atoms with Crippen molar-refractivity contribution in [3.8, 4) is 11.5 Å². The number of hydrogen-bond acceptors (Lipinski definition) is 8. The van der Waals surface area contributed by atoms with Gasteiger partial charge in [-0.1, -0.05) is 46.7 Å². The third kappa shape index (κ3) is 5.58. The van der Waals surface area contributed by atoms with Gasteiger partial charge in [0.05, 0.1) is 29.5 Å². The van der Waals surface area contributed by atoms with Crippen molar-refractivity contribution < 1.29 is 9.47 Å². The summed E-state index contributed by atoms with van der Waals surface area (Å²) < 4.78 is 15.1. The molecule has 0 atom stereocenters. The Balaban J connectivity index is 1.29. The molecule has 3 aromatic carbocycles. The van der Waals surface area contributed by atoms with Crippen LogP contribution in [0.3, 0.4) is 0 Å². The molecule has 0 bridgehead atoms. The Morgan fingerprint density at radius 3 is 2.75 bits per heavy atom. The predicted molar refractivity (Wildman–Crippen MR) is 153 cm³/mol. The van der Waals surface area contributed by atoms with E-state index in [4.69, 9.17) is 9.47 Å². The molecule has 0 spiro atoms. The minimum Gasteiger partial charge on any atom is -0.493 e. The molecule has 0 radical (unpaired) electrons. The summed E-state index contributed by atoms with van der Waals surface area (Å²) in [5, 5.41) is 4.36. The standard InChI is InChI=1S/C27H25BrN4O2S2/c1-3-17-13-18(28)9-10-20(17)31-26-19-14-24(23(33-2)15-22(19)29-16-30-26)34-11-6-12-35-27-32-21-7-4-5-8-25(21)36-27/h4-5,7-10,13-16H,3,6,11-12H2,1-2H3,(H,29,30,31). The fraction of sp³-hybridized carbons (Fsp3) is 0.222. The molecule has 2 aromatic heterocycles. The molecule has 0 aliphatic heterocycles. The van der Waals surface area contributed by atoms with Crippen LogP contribution in [0.2, 0.25) is 0 Å². The highest BCUT2D eigenvalue weighted by Crippen LogP contribution is 2.36. The zero-order valence-electron chi connectivity index (χ0n) is 20.0. The van der Waals surface area contributed by atoms with E-state index in [1.807, 2.05) is 30.3 Å². The van der Waals surface area contributed by atoms with Gasteiger partial charge in [-0.2, -0.15) is 0 Å². The van der Waals surface area contributed by atoms with Crippen LogP contribution in [0.5, 0.6) is 11.5 Å². The molecule has 0 saturated heterocycles. The van der Waals surface area contributed by atoms with Crippen LogP contribution in [0.4, 0.5) is 11.5 Å². The van der Waals surface area contributed by atoms with Crippen molar-refractivity contribution in [1.82, 2.24) is 15.0 Å². The molecule has 0 fully saturated rings. The minimum atomic E-state index is 0.572. The first-order valence-electron chi connectivity index (χ1n) is 11.6. The molecule has 36 heavy (non-hydrogen) atoms. The number of halogens is 1. The largest absolute Gasteiger partial charge is 0.493 e. The third-order valence-electron chi connectivity index (χ3n) is 5.67. The van der Waals surface area contributed by atoms with Gasteiger partial charge in [-0.25, -0.2) is 15.0 Å². The highest BCUT2D eigenvalue weighted by Gasteiger charge is 2.13. The smallest absolute Gasteiger partial charge is 0.162 e. The number of aryl methyl sites for hydroxylation is 1. The zero-order valence-corrected chi connectivity index (χ0v) is 23.2. The van der Waals surface area contributed by atoms with Gasteiger partial charge in [0.1, 0.15) is 12.1 Å². The van der Waals surface area contributed by atoms with Crippen LogP contribution >= 0.6 is 39.0 Å². The van der Waals surface area contributed by atoms with Gasteiger partial charge in [-0.3, -0.25) is 0 Å². The normalized spacial score (nSPS) is 11.2. The molecule has 9 heteroatoms. The lowest BCUT2D eigenvalue weighted by Gasteiger charge is -2.15. The van der Waals surface area contributed by atoms with E-state index < -0.39 is 0 Å². The highest BCUT2D eigenvalue weighted by atomic mass is 79.9. The minimum absolute atomic E-state index is 0.572. The van der Waals surface area contributed by atoms with Crippen LogP contribution in [0.15, 0.2) is 69.7 Å². The molecule has 0 unspecified atom stereocenters. The molecule has 0 aliphatic carbocycles. The average molecular weight is 582 g/mol. The Morgan fingerprint density at radius 2 is 1.92 bits per heavy atom. The lowest BCUT2D eigenvalue weighted by molar-refractivity contribution is 0.296. The molecule has 184 valence electrons. The topological polar surface area (TPSA) is 69.2 Å². The van der Waals surface area contributed by atoms with Crippen LogP contribution < -0.4 is 14.8 Å². The predicted octanol–water partition coefficient (Wildman–Crippen LogP) is 7.88. The number of thiazole rings is 1. The van der Waals surface area contributed by atoms with Crippen LogP contribution in [-0.2, 0) is 6.42 Å². The number of methoxy groups -OCH3 is 1. The van der Waals surface area contributed by atoms with Crippen molar-refractivity contribution >= 4 is 71.7 Å². The number of nitrogens with one attached hydrogen (secondary N) is 1. The summed E-state index contributed by atoms with van der Waals surface area (Å²) in [7, 11) is 1.65. The van der Waals surface area contributed by atoms with Crippen molar-refractivity contribution in [2.45, 2.75) is 24.1 Å². The van der Waals surface area contributed by atoms with Gasteiger partial charge in [0.15, 0.2) is 15.8 Å². The van der Waals surface area contributed by atoms with Gasteiger partial charge in [0.2, 0.25) is 0 Å². The number of nitrogens with zero attached hydrogens (tertiary/aromatic N) is 3. The fourth-order valence-corrected chi connectivity index (χ4v) is 6.31. The summed E-state index contributed by atoms with van der Waals surface area (Å²) in [5.74, 6) is 2.99. The van der Waals surface area contributed by atoms with Crippen molar-refractivity contribution in [1.29, 1.82) is 0 Å². The molecule has 5 rings (SSSR count). The molecular weight excluding hydrogens is 556 g/mol. The van der Waals surface area contributed by atoms with Gasteiger partial charge < -0.3 is 14.8 Å². The lowest BCUT2D eigenvalue weighted by atomic mass is 10.1. The Kier molecular flexibility index (Phi) is 7.89. The second kappa shape index (κ2) is 11.5. The molecule has 0 aliphatic rings. The quantitative estimate of drug-likeness (QED) is 0.133. The molecule has 0 amide bonds. The molecule has 0 saturated carbocycles. The third-order valence-corrected chi connectivity index (χ3v) is 8.43. The van der Waals surface area contributed by atoms with Gasteiger partial charge in [0, 0.05) is 27.4 Å². The van der Waals surface area contributed by atoms with E-state index in [0.717, 1.165) is 55.3 Å².